The first kappa shape index (κ1) is 6.50. The minimum Gasteiger partial charge on any atom is -0.292 e. The van der Waals surface area contributed by atoms with Gasteiger partial charge in [0.05, 0.1) is 0 Å². The molecule has 0 atom stereocenters. The Morgan fingerprint density at radius 1 is 1.57 bits per heavy atom. The third-order valence-electron chi connectivity index (χ3n) is 0.556. The largest absolute Gasteiger partial charge is 0.292 e. The minimum atomic E-state index is 0.500. The molecule has 0 bridgehead atoms. The van der Waals surface area contributed by atoms with E-state index in [-0.39, 0.29) is 0 Å². The van der Waals surface area contributed by atoms with E-state index in [2.05, 4.69) is 0 Å². The summed E-state index contributed by atoms with van der Waals surface area (Å²) in [5.74, 6) is 0.500. The molecule has 0 aliphatic rings. The molecule has 0 aromatic heterocycles. The molecule has 0 spiro atoms. The normalized spacial score (nSPS) is 10.9. The van der Waals surface area contributed by atoms with Crippen LogP contribution < -0.4 is 5.48 Å². The van der Waals surface area contributed by atoms with Crippen molar-refractivity contribution in [3.63, 3.8) is 0 Å². The maximum atomic E-state index is 7.98. The molecule has 0 aliphatic carbocycles. The number of allylic oxidation sites excluding steroid dienone is 1. The Hall–Kier alpha value is -0.500. The van der Waals surface area contributed by atoms with Gasteiger partial charge in [0.25, 0.3) is 0 Å². The molecule has 0 saturated carbocycles. The van der Waals surface area contributed by atoms with Crippen LogP contribution in [-0.2, 0) is 0 Å². The van der Waals surface area contributed by atoms with E-state index in [1.165, 1.54) is 6.20 Å². The number of rotatable bonds is 2. The number of hydrogen-bond acceptors (Lipinski definition) is 2. The van der Waals surface area contributed by atoms with Gasteiger partial charge in [-0.2, -0.15) is 0 Å². The Kier molecular flexibility index (Phi) is 3.42. The smallest absolute Gasteiger partial charge is 0.0203 e. The molecule has 42 valence electrons. The van der Waals surface area contributed by atoms with E-state index in [1.807, 2.05) is 25.4 Å². The van der Waals surface area contributed by atoms with Gasteiger partial charge in [-0.25, -0.2) is 0 Å². The molecule has 0 aliphatic heterocycles. The Morgan fingerprint density at radius 2 is 2.14 bits per heavy atom. The minimum absolute atomic E-state index is 0.500. The fourth-order valence-corrected chi connectivity index (χ4v) is 0.235. The van der Waals surface area contributed by atoms with Crippen LogP contribution in [0.2, 0.25) is 0 Å². The topological polar surface area (TPSA) is 32.3 Å². The highest BCUT2D eigenvalue weighted by Gasteiger charge is 1.78. The molecule has 0 heterocycles. The van der Waals surface area contributed by atoms with Crippen LogP contribution in [0.3, 0.4) is 0 Å². The summed E-state index contributed by atoms with van der Waals surface area (Å²) >= 11 is 0. The Bertz CT molecular complexity index is 59.1. The first-order chi connectivity index (χ1) is 3.27. The van der Waals surface area contributed by atoms with Crippen LogP contribution in [-0.4, -0.2) is 5.21 Å². The second kappa shape index (κ2) is 3.68. The van der Waals surface area contributed by atoms with Gasteiger partial charge in [-0.15, -0.1) is 0 Å². The summed E-state index contributed by atoms with van der Waals surface area (Å²) in [6.45, 7) is 4.07. The second-order valence-electron chi connectivity index (χ2n) is 1.73. The molecule has 0 aromatic rings. The molecule has 0 saturated heterocycles. The predicted octanol–water partition coefficient (Wildman–Crippen LogP) is 1.13. The molecule has 0 rings (SSSR count). The molecule has 0 aromatic carbocycles. The molecule has 7 heavy (non-hydrogen) atoms. The van der Waals surface area contributed by atoms with Gasteiger partial charge in [0.1, 0.15) is 0 Å². The highest BCUT2D eigenvalue weighted by atomic mass is 16.5. The van der Waals surface area contributed by atoms with E-state index < -0.39 is 0 Å². The maximum absolute atomic E-state index is 7.98. The first-order valence-electron chi connectivity index (χ1n) is 2.33. The van der Waals surface area contributed by atoms with E-state index in [1.54, 1.807) is 0 Å². The lowest BCUT2D eigenvalue weighted by molar-refractivity contribution is 0.213. The molecule has 0 fully saturated rings. The van der Waals surface area contributed by atoms with Crippen molar-refractivity contribution >= 4 is 0 Å². The zero-order valence-electron chi connectivity index (χ0n) is 4.68. The standard InChI is InChI=1S/C5H11NO/c1-5(2)3-4-6-7/h3-7H,1-2H3/b4-3+. The molecule has 2 heteroatoms. The lowest BCUT2D eigenvalue weighted by Gasteiger charge is -1.89. The monoisotopic (exact) mass is 101 g/mol. The van der Waals surface area contributed by atoms with Gasteiger partial charge in [-0.1, -0.05) is 19.9 Å². The van der Waals surface area contributed by atoms with Gasteiger partial charge in [0, 0.05) is 6.20 Å². The molecule has 0 unspecified atom stereocenters. The number of hydroxylamine groups is 1. The van der Waals surface area contributed by atoms with Crippen molar-refractivity contribution in [1.29, 1.82) is 0 Å². The molecule has 0 amide bonds. The van der Waals surface area contributed by atoms with E-state index in [0.717, 1.165) is 0 Å². The predicted molar refractivity (Wildman–Crippen MR) is 28.9 cm³/mol. The highest BCUT2D eigenvalue weighted by Crippen LogP contribution is 1.89. The zero-order chi connectivity index (χ0) is 5.70. The molecule has 2 N–H and O–H groups in total. The highest BCUT2D eigenvalue weighted by molar-refractivity contribution is 4.79. The summed E-state index contributed by atoms with van der Waals surface area (Å²) in [4.78, 5) is 0. The van der Waals surface area contributed by atoms with Crippen LogP contribution in [0.25, 0.3) is 0 Å². The van der Waals surface area contributed by atoms with Crippen molar-refractivity contribution in [3.8, 4) is 0 Å². The number of hydrogen-bond donors (Lipinski definition) is 2. The first-order valence-corrected chi connectivity index (χ1v) is 2.33. The van der Waals surface area contributed by atoms with E-state index >= 15 is 0 Å². The van der Waals surface area contributed by atoms with Gasteiger partial charge in [-0.3, -0.25) is 10.7 Å². The number of nitrogens with one attached hydrogen (secondary N) is 1. The van der Waals surface area contributed by atoms with E-state index in [9.17, 15) is 0 Å². The van der Waals surface area contributed by atoms with Crippen molar-refractivity contribution < 1.29 is 5.21 Å². The fourth-order valence-electron chi connectivity index (χ4n) is 0.235. The van der Waals surface area contributed by atoms with Crippen LogP contribution in [0.1, 0.15) is 13.8 Å². The van der Waals surface area contributed by atoms with Crippen LogP contribution in [0, 0.1) is 5.92 Å². The van der Waals surface area contributed by atoms with Crippen LogP contribution in [0.4, 0.5) is 0 Å². The molecule has 2 nitrogen and oxygen atoms in total. The van der Waals surface area contributed by atoms with Crippen LogP contribution in [0.15, 0.2) is 12.3 Å². The van der Waals surface area contributed by atoms with Crippen molar-refractivity contribution in [2.75, 3.05) is 0 Å². The van der Waals surface area contributed by atoms with Gasteiger partial charge in [0.15, 0.2) is 0 Å². The van der Waals surface area contributed by atoms with Gasteiger partial charge in [0.2, 0.25) is 0 Å². The second-order valence-corrected chi connectivity index (χ2v) is 1.73. The summed E-state index contributed by atoms with van der Waals surface area (Å²) < 4.78 is 0. The van der Waals surface area contributed by atoms with Crippen molar-refractivity contribution in [3.05, 3.63) is 12.3 Å². The van der Waals surface area contributed by atoms with E-state index in [4.69, 9.17) is 5.21 Å². The molecular formula is C5H11NO. The van der Waals surface area contributed by atoms with Crippen LogP contribution >= 0.6 is 0 Å². The third-order valence-corrected chi connectivity index (χ3v) is 0.556. The van der Waals surface area contributed by atoms with Crippen molar-refractivity contribution in [2.45, 2.75) is 13.8 Å². The zero-order valence-corrected chi connectivity index (χ0v) is 4.68. The Labute approximate surface area is 43.8 Å². The third kappa shape index (κ3) is 5.50. The van der Waals surface area contributed by atoms with Crippen molar-refractivity contribution in [2.24, 2.45) is 5.92 Å². The van der Waals surface area contributed by atoms with Crippen molar-refractivity contribution in [1.82, 2.24) is 5.48 Å². The van der Waals surface area contributed by atoms with Gasteiger partial charge < -0.3 is 0 Å². The average molecular weight is 101 g/mol. The maximum Gasteiger partial charge on any atom is 0.0203 e. The summed E-state index contributed by atoms with van der Waals surface area (Å²) in [6, 6.07) is 0. The summed E-state index contributed by atoms with van der Waals surface area (Å²) in [6.07, 6.45) is 3.37. The Balaban J connectivity index is 3.08. The van der Waals surface area contributed by atoms with Gasteiger partial charge >= 0.3 is 0 Å². The Morgan fingerprint density at radius 3 is 2.29 bits per heavy atom. The summed E-state index contributed by atoms with van der Waals surface area (Å²) in [7, 11) is 0. The summed E-state index contributed by atoms with van der Waals surface area (Å²) in [5, 5.41) is 7.98. The lowest BCUT2D eigenvalue weighted by atomic mass is 10.2. The van der Waals surface area contributed by atoms with Crippen LogP contribution in [0.5, 0.6) is 0 Å². The summed E-state index contributed by atoms with van der Waals surface area (Å²) in [5.41, 5.74) is 1.92. The van der Waals surface area contributed by atoms with E-state index in [0.29, 0.717) is 5.92 Å². The SMILES string of the molecule is CC(C)/C=C/NO. The lowest BCUT2D eigenvalue weighted by Crippen LogP contribution is -1.93. The molecule has 0 radical (unpaired) electrons. The van der Waals surface area contributed by atoms with Gasteiger partial charge in [-0.05, 0) is 5.92 Å². The fraction of sp³-hybridized carbons (Fsp3) is 0.600. The average Bonchev–Trinajstić information content (AvgIpc) is 1.61. The quantitative estimate of drug-likeness (QED) is 0.511. The molecular weight excluding hydrogens is 90.1 g/mol.